The summed E-state index contributed by atoms with van der Waals surface area (Å²) in [7, 11) is 0. The van der Waals surface area contributed by atoms with E-state index in [-0.39, 0.29) is 12.8 Å². The summed E-state index contributed by atoms with van der Waals surface area (Å²) < 4.78 is 42.2. The zero-order valence-electron chi connectivity index (χ0n) is 14.5. The molecule has 1 N–H and O–H groups in total. The minimum atomic E-state index is -4.32. The highest BCUT2D eigenvalue weighted by atomic mass is 19.4. The SMILES string of the molecule is CC(C)(C)OC(=O)C(CCC1CC1)C(CCCC(F)(F)F)C(=O)O. The van der Waals surface area contributed by atoms with Crippen molar-refractivity contribution in [3.8, 4) is 0 Å². The number of alkyl halides is 3. The number of hydrogen-bond acceptors (Lipinski definition) is 3. The van der Waals surface area contributed by atoms with Crippen molar-refractivity contribution >= 4 is 11.9 Å². The Kier molecular flexibility index (Phi) is 7.10. The lowest BCUT2D eigenvalue weighted by Gasteiger charge is -2.27. The maximum atomic E-state index is 12.4. The molecule has 4 nitrogen and oxygen atoms in total. The maximum Gasteiger partial charge on any atom is 0.389 e. The van der Waals surface area contributed by atoms with Crippen molar-refractivity contribution in [1.82, 2.24) is 0 Å². The second kappa shape index (κ2) is 8.21. The van der Waals surface area contributed by atoms with Crippen LogP contribution in [0.5, 0.6) is 0 Å². The maximum absolute atomic E-state index is 12.4. The Morgan fingerprint density at radius 3 is 2.12 bits per heavy atom. The number of esters is 1. The molecule has 1 saturated carbocycles. The molecule has 0 saturated heterocycles. The van der Waals surface area contributed by atoms with E-state index >= 15 is 0 Å². The second-order valence-electron chi connectivity index (χ2n) is 7.61. The summed E-state index contributed by atoms with van der Waals surface area (Å²) in [5.74, 6) is -3.39. The molecule has 0 bridgehead atoms. The third-order valence-electron chi connectivity index (χ3n) is 4.07. The number of halogens is 3. The molecule has 2 atom stereocenters. The third kappa shape index (κ3) is 8.55. The van der Waals surface area contributed by atoms with E-state index in [0.717, 1.165) is 12.8 Å². The molecule has 2 unspecified atom stereocenters. The molecule has 24 heavy (non-hydrogen) atoms. The number of carbonyl (C=O) groups excluding carboxylic acids is 1. The lowest BCUT2D eigenvalue weighted by atomic mass is 9.84. The van der Waals surface area contributed by atoms with Gasteiger partial charge in [0.15, 0.2) is 0 Å². The zero-order valence-corrected chi connectivity index (χ0v) is 14.5. The van der Waals surface area contributed by atoms with Gasteiger partial charge in [0.1, 0.15) is 5.60 Å². The number of carboxylic acid groups (broad SMARTS) is 1. The molecule has 0 aromatic carbocycles. The van der Waals surface area contributed by atoms with Crippen molar-refractivity contribution in [2.75, 3.05) is 0 Å². The van der Waals surface area contributed by atoms with Crippen molar-refractivity contribution < 1.29 is 32.6 Å². The van der Waals surface area contributed by atoms with Gasteiger partial charge in [0, 0.05) is 6.42 Å². The van der Waals surface area contributed by atoms with Crippen LogP contribution in [-0.4, -0.2) is 28.8 Å². The van der Waals surface area contributed by atoms with E-state index in [2.05, 4.69) is 0 Å². The minimum absolute atomic E-state index is 0.177. The average Bonchev–Trinajstić information content (AvgIpc) is 3.17. The van der Waals surface area contributed by atoms with E-state index in [1.807, 2.05) is 0 Å². The van der Waals surface area contributed by atoms with Crippen LogP contribution in [0.15, 0.2) is 0 Å². The highest BCUT2D eigenvalue weighted by Gasteiger charge is 2.38. The van der Waals surface area contributed by atoms with E-state index in [0.29, 0.717) is 18.8 Å². The van der Waals surface area contributed by atoms with Crippen molar-refractivity contribution in [2.24, 2.45) is 17.8 Å². The lowest BCUT2D eigenvalue weighted by molar-refractivity contribution is -0.167. The van der Waals surface area contributed by atoms with Gasteiger partial charge in [0.05, 0.1) is 11.8 Å². The van der Waals surface area contributed by atoms with Gasteiger partial charge in [-0.2, -0.15) is 13.2 Å². The molecule has 7 heteroatoms. The fourth-order valence-electron chi connectivity index (χ4n) is 2.70. The smallest absolute Gasteiger partial charge is 0.389 e. The van der Waals surface area contributed by atoms with Crippen molar-refractivity contribution in [2.45, 2.75) is 77.5 Å². The molecule has 0 spiro atoms. The average molecular weight is 352 g/mol. The van der Waals surface area contributed by atoms with Crippen LogP contribution in [-0.2, 0) is 14.3 Å². The summed E-state index contributed by atoms with van der Waals surface area (Å²) >= 11 is 0. The molecule has 1 aliphatic carbocycles. The molecule has 0 aromatic rings. The Morgan fingerprint density at radius 2 is 1.71 bits per heavy atom. The second-order valence-corrected chi connectivity index (χ2v) is 7.61. The molecule has 140 valence electrons. The van der Waals surface area contributed by atoms with Crippen LogP contribution in [0.2, 0.25) is 0 Å². The standard InChI is InChI=1S/C17H27F3O4/c1-16(2,3)24-15(23)13(9-8-11-6-7-11)12(14(21)22)5-4-10-17(18,19)20/h11-13H,4-10H2,1-3H3,(H,21,22). The molecule has 1 fully saturated rings. The summed E-state index contributed by atoms with van der Waals surface area (Å²) in [6, 6.07) is 0. The Bertz CT molecular complexity index is 436. The van der Waals surface area contributed by atoms with Gasteiger partial charge in [0.2, 0.25) is 0 Å². The largest absolute Gasteiger partial charge is 0.481 e. The molecular weight excluding hydrogens is 325 g/mol. The first-order valence-electron chi connectivity index (χ1n) is 8.41. The van der Waals surface area contributed by atoms with E-state index < -0.39 is 42.0 Å². The number of ether oxygens (including phenoxy) is 1. The predicted octanol–water partition coefficient (Wildman–Crippen LogP) is 4.57. The molecular formula is C17H27F3O4. The Hall–Kier alpha value is -1.27. The first-order valence-corrected chi connectivity index (χ1v) is 8.41. The van der Waals surface area contributed by atoms with Crippen LogP contribution in [0.4, 0.5) is 13.2 Å². The summed E-state index contributed by atoms with van der Waals surface area (Å²) in [6.45, 7) is 5.05. The summed E-state index contributed by atoms with van der Waals surface area (Å²) in [4.78, 5) is 23.9. The van der Waals surface area contributed by atoms with Gasteiger partial charge in [-0.15, -0.1) is 0 Å². The molecule has 1 rings (SSSR count). The third-order valence-corrected chi connectivity index (χ3v) is 4.07. The van der Waals surface area contributed by atoms with Gasteiger partial charge in [-0.25, -0.2) is 0 Å². The van der Waals surface area contributed by atoms with Gasteiger partial charge in [-0.05, 0) is 52.4 Å². The van der Waals surface area contributed by atoms with Gasteiger partial charge in [-0.3, -0.25) is 9.59 Å². The van der Waals surface area contributed by atoms with Crippen molar-refractivity contribution in [3.63, 3.8) is 0 Å². The van der Waals surface area contributed by atoms with Gasteiger partial charge < -0.3 is 9.84 Å². The molecule has 0 heterocycles. The van der Waals surface area contributed by atoms with Gasteiger partial charge >= 0.3 is 18.1 Å². The monoisotopic (exact) mass is 352 g/mol. The van der Waals surface area contributed by atoms with Crippen LogP contribution in [0.3, 0.4) is 0 Å². The molecule has 0 radical (unpaired) electrons. The lowest BCUT2D eigenvalue weighted by Crippen LogP contribution is -2.36. The molecule has 0 amide bonds. The van der Waals surface area contributed by atoms with Crippen LogP contribution < -0.4 is 0 Å². The normalized spacial score (nSPS) is 18.1. The Labute approximate surface area is 140 Å². The van der Waals surface area contributed by atoms with Crippen LogP contribution >= 0.6 is 0 Å². The fraction of sp³-hybridized carbons (Fsp3) is 0.882. The van der Waals surface area contributed by atoms with E-state index in [1.165, 1.54) is 0 Å². The number of carbonyl (C=O) groups is 2. The Balaban J connectivity index is 2.76. The minimum Gasteiger partial charge on any atom is -0.481 e. The Morgan fingerprint density at radius 1 is 1.12 bits per heavy atom. The van der Waals surface area contributed by atoms with Gasteiger partial charge in [-0.1, -0.05) is 12.8 Å². The molecule has 0 aliphatic heterocycles. The first kappa shape index (κ1) is 20.8. The number of rotatable bonds is 9. The van der Waals surface area contributed by atoms with Gasteiger partial charge in [0.25, 0.3) is 0 Å². The fourth-order valence-corrected chi connectivity index (χ4v) is 2.70. The van der Waals surface area contributed by atoms with Crippen LogP contribution in [0.25, 0.3) is 0 Å². The summed E-state index contributed by atoms with van der Waals surface area (Å²) in [5, 5.41) is 9.41. The van der Waals surface area contributed by atoms with Crippen LogP contribution in [0, 0.1) is 17.8 Å². The number of carboxylic acids is 1. The first-order chi connectivity index (χ1) is 10.9. The number of hydrogen-bond donors (Lipinski definition) is 1. The quantitative estimate of drug-likeness (QED) is 0.618. The van der Waals surface area contributed by atoms with E-state index in [9.17, 15) is 27.9 Å². The van der Waals surface area contributed by atoms with E-state index in [4.69, 9.17) is 4.74 Å². The summed E-state index contributed by atoms with van der Waals surface area (Å²) in [6.07, 6.45) is -2.65. The topological polar surface area (TPSA) is 63.6 Å². The highest BCUT2D eigenvalue weighted by molar-refractivity contribution is 5.81. The van der Waals surface area contributed by atoms with E-state index in [1.54, 1.807) is 20.8 Å². The predicted molar refractivity (Wildman–Crippen MR) is 82.3 cm³/mol. The highest BCUT2D eigenvalue weighted by Crippen LogP contribution is 2.37. The molecule has 1 aliphatic rings. The number of aliphatic carboxylic acids is 1. The van der Waals surface area contributed by atoms with Crippen molar-refractivity contribution in [1.29, 1.82) is 0 Å². The summed E-state index contributed by atoms with van der Waals surface area (Å²) in [5.41, 5.74) is -0.760. The molecule has 0 aromatic heterocycles. The van der Waals surface area contributed by atoms with Crippen LogP contribution in [0.1, 0.15) is 65.7 Å². The van der Waals surface area contributed by atoms with Crippen molar-refractivity contribution in [3.05, 3.63) is 0 Å². The zero-order chi connectivity index (χ0) is 18.5.